The van der Waals surface area contributed by atoms with Crippen LogP contribution in [0.5, 0.6) is 0 Å². The summed E-state index contributed by atoms with van der Waals surface area (Å²) in [6, 6.07) is 0. The van der Waals surface area contributed by atoms with E-state index in [1.807, 2.05) is 0 Å². The number of halogens is 1. The SMILES string of the molecule is CCCNc1nc(N2CCCCCC2)nc(CCC)c1Br. The van der Waals surface area contributed by atoms with Crippen molar-refractivity contribution in [3.05, 3.63) is 10.2 Å². The Kier molecular flexibility index (Phi) is 6.74. The highest BCUT2D eigenvalue weighted by Crippen LogP contribution is 2.28. The lowest BCUT2D eigenvalue weighted by Gasteiger charge is -2.22. The van der Waals surface area contributed by atoms with Crippen molar-refractivity contribution in [2.75, 3.05) is 29.9 Å². The van der Waals surface area contributed by atoms with Crippen molar-refractivity contribution in [2.45, 2.75) is 58.8 Å². The largest absolute Gasteiger partial charge is 0.369 e. The molecule has 1 aromatic rings. The van der Waals surface area contributed by atoms with Gasteiger partial charge >= 0.3 is 0 Å². The molecular weight excluding hydrogens is 328 g/mol. The fourth-order valence-electron chi connectivity index (χ4n) is 2.66. The van der Waals surface area contributed by atoms with E-state index in [1.165, 1.54) is 25.7 Å². The van der Waals surface area contributed by atoms with Crippen molar-refractivity contribution in [3.8, 4) is 0 Å². The van der Waals surface area contributed by atoms with Gasteiger partial charge in [-0.2, -0.15) is 4.98 Å². The van der Waals surface area contributed by atoms with Crippen LogP contribution in [0.2, 0.25) is 0 Å². The zero-order valence-corrected chi connectivity index (χ0v) is 14.9. The summed E-state index contributed by atoms with van der Waals surface area (Å²) < 4.78 is 1.04. The molecular formula is C16H27BrN4. The zero-order valence-electron chi connectivity index (χ0n) is 13.3. The molecule has 0 unspecified atom stereocenters. The lowest BCUT2D eigenvalue weighted by atomic mass is 10.2. The summed E-state index contributed by atoms with van der Waals surface area (Å²) in [7, 11) is 0. The lowest BCUT2D eigenvalue weighted by Crippen LogP contribution is -2.27. The van der Waals surface area contributed by atoms with Crippen LogP contribution in [0.15, 0.2) is 4.47 Å². The van der Waals surface area contributed by atoms with E-state index in [0.717, 1.165) is 60.8 Å². The maximum atomic E-state index is 4.82. The van der Waals surface area contributed by atoms with Crippen LogP contribution in [0.3, 0.4) is 0 Å². The molecule has 0 bridgehead atoms. The van der Waals surface area contributed by atoms with Gasteiger partial charge in [-0.25, -0.2) is 4.98 Å². The van der Waals surface area contributed by atoms with Gasteiger partial charge in [0.2, 0.25) is 5.95 Å². The maximum absolute atomic E-state index is 4.82. The summed E-state index contributed by atoms with van der Waals surface area (Å²) >= 11 is 3.68. The summed E-state index contributed by atoms with van der Waals surface area (Å²) in [6.07, 6.45) is 8.34. The lowest BCUT2D eigenvalue weighted by molar-refractivity contribution is 0.726. The maximum Gasteiger partial charge on any atom is 0.227 e. The van der Waals surface area contributed by atoms with Crippen LogP contribution in [-0.2, 0) is 6.42 Å². The molecule has 4 nitrogen and oxygen atoms in total. The molecule has 1 fully saturated rings. The van der Waals surface area contributed by atoms with E-state index in [9.17, 15) is 0 Å². The zero-order chi connectivity index (χ0) is 15.1. The standard InChI is InChI=1S/C16H27BrN4/c1-3-9-13-14(17)15(18-10-4-2)20-16(19-13)21-11-7-5-6-8-12-21/h3-12H2,1-2H3,(H,18,19,20). The van der Waals surface area contributed by atoms with E-state index < -0.39 is 0 Å². The Labute approximate surface area is 136 Å². The molecule has 1 aliphatic rings. The van der Waals surface area contributed by atoms with Crippen molar-refractivity contribution in [2.24, 2.45) is 0 Å². The van der Waals surface area contributed by atoms with Crippen LogP contribution in [0, 0.1) is 0 Å². The fraction of sp³-hybridized carbons (Fsp3) is 0.750. The van der Waals surface area contributed by atoms with E-state index in [4.69, 9.17) is 9.97 Å². The molecule has 1 aliphatic heterocycles. The number of anilines is 2. The van der Waals surface area contributed by atoms with Crippen LogP contribution in [0.25, 0.3) is 0 Å². The average Bonchev–Trinajstić information content (AvgIpc) is 2.77. The molecule has 0 radical (unpaired) electrons. The molecule has 2 heterocycles. The summed E-state index contributed by atoms with van der Waals surface area (Å²) in [5.74, 6) is 1.86. The number of rotatable bonds is 6. The number of aromatic nitrogens is 2. The Morgan fingerprint density at radius 1 is 1.05 bits per heavy atom. The molecule has 1 N–H and O–H groups in total. The Morgan fingerprint density at radius 3 is 2.38 bits per heavy atom. The van der Waals surface area contributed by atoms with Gasteiger partial charge < -0.3 is 10.2 Å². The topological polar surface area (TPSA) is 41.1 Å². The van der Waals surface area contributed by atoms with E-state index in [2.05, 4.69) is 40.0 Å². The van der Waals surface area contributed by atoms with Crippen LogP contribution in [0.4, 0.5) is 11.8 Å². The van der Waals surface area contributed by atoms with Crippen LogP contribution >= 0.6 is 15.9 Å². The monoisotopic (exact) mass is 354 g/mol. The van der Waals surface area contributed by atoms with Crippen molar-refractivity contribution >= 4 is 27.7 Å². The van der Waals surface area contributed by atoms with Gasteiger partial charge in [0.1, 0.15) is 5.82 Å². The second-order valence-electron chi connectivity index (χ2n) is 5.71. The van der Waals surface area contributed by atoms with Gasteiger partial charge in [-0.05, 0) is 41.6 Å². The molecule has 21 heavy (non-hydrogen) atoms. The molecule has 1 saturated heterocycles. The van der Waals surface area contributed by atoms with E-state index in [0.29, 0.717) is 0 Å². The third kappa shape index (κ3) is 4.56. The normalized spacial score (nSPS) is 15.9. The van der Waals surface area contributed by atoms with Gasteiger partial charge in [0, 0.05) is 19.6 Å². The predicted molar refractivity (Wildman–Crippen MR) is 93.2 cm³/mol. The molecule has 0 atom stereocenters. The number of nitrogens with zero attached hydrogens (tertiary/aromatic N) is 3. The van der Waals surface area contributed by atoms with Crippen molar-refractivity contribution in [1.29, 1.82) is 0 Å². The van der Waals surface area contributed by atoms with Crippen LogP contribution < -0.4 is 10.2 Å². The number of aryl methyl sites for hydroxylation is 1. The molecule has 0 saturated carbocycles. The second-order valence-corrected chi connectivity index (χ2v) is 6.50. The van der Waals surface area contributed by atoms with Crippen molar-refractivity contribution in [3.63, 3.8) is 0 Å². The van der Waals surface area contributed by atoms with Gasteiger partial charge in [0.25, 0.3) is 0 Å². The van der Waals surface area contributed by atoms with Crippen LogP contribution in [-0.4, -0.2) is 29.6 Å². The summed E-state index contributed by atoms with van der Waals surface area (Å²) in [4.78, 5) is 12.0. The molecule has 118 valence electrons. The highest BCUT2D eigenvalue weighted by molar-refractivity contribution is 9.10. The second kappa shape index (κ2) is 8.57. The first-order valence-electron chi connectivity index (χ1n) is 8.31. The molecule has 0 aliphatic carbocycles. The van der Waals surface area contributed by atoms with Gasteiger partial charge in [0.15, 0.2) is 0 Å². The fourth-order valence-corrected chi connectivity index (χ4v) is 3.17. The number of hydrogen-bond donors (Lipinski definition) is 1. The highest BCUT2D eigenvalue weighted by Gasteiger charge is 2.17. The van der Waals surface area contributed by atoms with Gasteiger partial charge in [-0.3, -0.25) is 0 Å². The number of nitrogens with one attached hydrogen (secondary N) is 1. The molecule has 0 spiro atoms. The smallest absolute Gasteiger partial charge is 0.227 e. The Balaban J connectivity index is 2.27. The van der Waals surface area contributed by atoms with Gasteiger partial charge in [-0.1, -0.05) is 33.1 Å². The molecule has 0 aromatic carbocycles. The molecule has 5 heteroatoms. The minimum atomic E-state index is 0.905. The summed E-state index contributed by atoms with van der Waals surface area (Å²) in [6.45, 7) is 7.48. The van der Waals surface area contributed by atoms with Crippen molar-refractivity contribution < 1.29 is 0 Å². The summed E-state index contributed by atoms with van der Waals surface area (Å²) in [5.41, 5.74) is 1.13. The number of hydrogen-bond acceptors (Lipinski definition) is 4. The summed E-state index contributed by atoms with van der Waals surface area (Å²) in [5, 5.41) is 3.43. The van der Waals surface area contributed by atoms with Gasteiger partial charge in [-0.15, -0.1) is 0 Å². The first kappa shape index (κ1) is 16.5. The highest BCUT2D eigenvalue weighted by atomic mass is 79.9. The Morgan fingerprint density at radius 2 is 1.76 bits per heavy atom. The first-order chi connectivity index (χ1) is 10.3. The molecule has 0 amide bonds. The minimum absolute atomic E-state index is 0.905. The van der Waals surface area contributed by atoms with Crippen LogP contribution in [0.1, 0.15) is 58.1 Å². The van der Waals surface area contributed by atoms with E-state index in [-0.39, 0.29) is 0 Å². The van der Waals surface area contributed by atoms with Crippen molar-refractivity contribution in [1.82, 2.24) is 9.97 Å². The predicted octanol–water partition coefficient (Wildman–Crippen LogP) is 4.39. The first-order valence-corrected chi connectivity index (χ1v) is 9.10. The molecule has 2 rings (SSSR count). The minimum Gasteiger partial charge on any atom is -0.369 e. The van der Waals surface area contributed by atoms with E-state index in [1.54, 1.807) is 0 Å². The van der Waals surface area contributed by atoms with E-state index >= 15 is 0 Å². The third-order valence-corrected chi connectivity index (χ3v) is 4.66. The quantitative estimate of drug-likeness (QED) is 0.822. The Bertz CT molecular complexity index is 442. The Hall–Kier alpha value is -0.840. The van der Waals surface area contributed by atoms with Gasteiger partial charge in [0.05, 0.1) is 10.2 Å². The molecule has 1 aromatic heterocycles. The average molecular weight is 355 g/mol. The third-order valence-electron chi connectivity index (χ3n) is 3.83.